The van der Waals surface area contributed by atoms with Crippen molar-refractivity contribution in [1.29, 1.82) is 0 Å². The maximum absolute atomic E-state index is 10.1. The molecule has 0 rings (SSSR count). The third kappa shape index (κ3) is 11.3. The zero-order chi connectivity index (χ0) is 7.98. The summed E-state index contributed by atoms with van der Waals surface area (Å²) >= 11 is 0. The van der Waals surface area contributed by atoms with Crippen LogP contribution in [-0.4, -0.2) is 23.7 Å². The number of hydrogen-bond acceptors (Lipinski definition) is 3. The minimum absolute atomic E-state index is 0. The van der Waals surface area contributed by atoms with Crippen LogP contribution in [0.5, 0.6) is 0 Å². The summed E-state index contributed by atoms with van der Waals surface area (Å²) in [5, 5.41) is 8.33. The van der Waals surface area contributed by atoms with Crippen LogP contribution in [0.4, 0.5) is 0 Å². The third-order valence-corrected chi connectivity index (χ3v) is 1.29. The summed E-state index contributed by atoms with van der Waals surface area (Å²) in [6.07, 6.45) is 2.16. The fourth-order valence-corrected chi connectivity index (χ4v) is 0.632. The molecule has 0 aliphatic rings. The standard InChI is InChI=1S/C6H14N2O2.ClH.K/c7-4-2-1-3-5(8)6(9)10;;/h5H,1-4,7-8H2,(H,9,10);1H;/q;;+1/p-1/t5-;;/m0../s1. The number of carbonyl (C=O) groups is 1. The largest absolute Gasteiger partial charge is 1.00 e. The Balaban J connectivity index is -0.000000405. The van der Waals surface area contributed by atoms with Gasteiger partial charge in [-0.3, -0.25) is 4.79 Å². The molecule has 0 saturated heterocycles. The second kappa shape index (κ2) is 12.3. The molecule has 0 aromatic rings. The number of unbranched alkanes of at least 4 members (excludes halogenated alkanes) is 1. The van der Waals surface area contributed by atoms with Crippen molar-refractivity contribution in [2.24, 2.45) is 11.5 Å². The van der Waals surface area contributed by atoms with Crippen molar-refractivity contribution in [3.8, 4) is 0 Å². The summed E-state index contributed by atoms with van der Waals surface area (Å²) in [6.45, 7) is 0.604. The molecule has 0 aromatic carbocycles. The van der Waals surface area contributed by atoms with Gasteiger partial charge in [-0.25, -0.2) is 0 Å². The second-order valence-electron chi connectivity index (χ2n) is 2.23. The molecule has 0 unspecified atom stereocenters. The average molecular weight is 221 g/mol. The van der Waals surface area contributed by atoms with Crippen LogP contribution in [0.15, 0.2) is 0 Å². The molecule has 0 saturated carbocycles. The topological polar surface area (TPSA) is 89.3 Å². The minimum atomic E-state index is -0.933. The van der Waals surface area contributed by atoms with E-state index in [2.05, 4.69) is 0 Å². The fraction of sp³-hybridized carbons (Fsp3) is 0.833. The summed E-state index contributed by atoms with van der Waals surface area (Å²) in [7, 11) is 0. The van der Waals surface area contributed by atoms with Gasteiger partial charge in [0.15, 0.2) is 0 Å². The van der Waals surface area contributed by atoms with Crippen molar-refractivity contribution < 1.29 is 73.7 Å². The summed E-state index contributed by atoms with van der Waals surface area (Å²) in [5.74, 6) is -0.933. The van der Waals surface area contributed by atoms with E-state index in [9.17, 15) is 4.79 Å². The average Bonchev–Trinajstić information content (AvgIpc) is 1.88. The molecule has 6 heteroatoms. The molecule has 12 heavy (non-hydrogen) atoms. The molecule has 4 nitrogen and oxygen atoms in total. The molecule has 0 heterocycles. The number of aliphatic carboxylic acids is 1. The molecule has 5 N–H and O–H groups in total. The van der Waals surface area contributed by atoms with E-state index in [0.717, 1.165) is 12.8 Å². The molecule has 0 amide bonds. The molecule has 0 aliphatic heterocycles. The maximum Gasteiger partial charge on any atom is 1.00 e. The Morgan fingerprint density at radius 2 is 1.92 bits per heavy atom. The van der Waals surface area contributed by atoms with E-state index >= 15 is 0 Å². The molecule has 0 spiro atoms. The molecule has 0 radical (unpaired) electrons. The van der Waals surface area contributed by atoms with Gasteiger partial charge >= 0.3 is 57.4 Å². The van der Waals surface area contributed by atoms with Crippen LogP contribution >= 0.6 is 0 Å². The van der Waals surface area contributed by atoms with Crippen LogP contribution in [-0.2, 0) is 4.79 Å². The van der Waals surface area contributed by atoms with E-state index in [1.807, 2.05) is 0 Å². The van der Waals surface area contributed by atoms with Crippen LogP contribution < -0.4 is 75.3 Å². The smallest absolute Gasteiger partial charge is 1.00 e. The number of rotatable bonds is 5. The Bertz CT molecular complexity index is 116. The summed E-state index contributed by atoms with van der Waals surface area (Å²) < 4.78 is 0. The number of carboxylic acids is 1. The Morgan fingerprint density at radius 1 is 1.42 bits per heavy atom. The Labute approximate surface area is 121 Å². The van der Waals surface area contributed by atoms with Gasteiger partial charge in [0.05, 0.1) is 0 Å². The first-order valence-electron chi connectivity index (χ1n) is 3.37. The first-order chi connectivity index (χ1) is 4.68. The number of halogens is 1. The van der Waals surface area contributed by atoms with E-state index in [4.69, 9.17) is 16.6 Å². The van der Waals surface area contributed by atoms with E-state index in [0.29, 0.717) is 13.0 Å². The van der Waals surface area contributed by atoms with Crippen LogP contribution in [0.3, 0.4) is 0 Å². The molecule has 1 atom stereocenters. The summed E-state index contributed by atoms with van der Waals surface area (Å²) in [4.78, 5) is 10.1. The van der Waals surface area contributed by atoms with Crippen molar-refractivity contribution in [2.45, 2.75) is 25.3 Å². The van der Waals surface area contributed by atoms with Crippen LogP contribution in [0, 0.1) is 0 Å². The van der Waals surface area contributed by atoms with Gasteiger partial charge in [-0.05, 0) is 19.4 Å². The van der Waals surface area contributed by atoms with Crippen LogP contribution in [0.2, 0.25) is 0 Å². The monoisotopic (exact) mass is 220 g/mol. The molecular weight excluding hydrogens is 207 g/mol. The quantitative estimate of drug-likeness (QED) is 0.318. The van der Waals surface area contributed by atoms with Crippen molar-refractivity contribution >= 4 is 5.97 Å². The molecule has 0 aromatic heterocycles. The van der Waals surface area contributed by atoms with Gasteiger partial charge in [-0.2, -0.15) is 0 Å². The van der Waals surface area contributed by atoms with Gasteiger partial charge in [-0.15, -0.1) is 0 Å². The molecule has 68 valence electrons. The Kier molecular flexibility index (Phi) is 19.5. The molecule has 0 aliphatic carbocycles. The van der Waals surface area contributed by atoms with Gasteiger partial charge in [0.1, 0.15) is 6.04 Å². The first-order valence-corrected chi connectivity index (χ1v) is 3.37. The van der Waals surface area contributed by atoms with Crippen molar-refractivity contribution in [3.05, 3.63) is 0 Å². The molecular formula is C6H14ClKN2O2. The second-order valence-corrected chi connectivity index (χ2v) is 2.23. The zero-order valence-corrected chi connectivity index (χ0v) is 11.2. The Morgan fingerprint density at radius 3 is 2.25 bits per heavy atom. The summed E-state index contributed by atoms with van der Waals surface area (Å²) in [6, 6.07) is -0.716. The van der Waals surface area contributed by atoms with E-state index in [1.165, 1.54) is 0 Å². The van der Waals surface area contributed by atoms with Crippen molar-refractivity contribution in [1.82, 2.24) is 0 Å². The van der Waals surface area contributed by atoms with Gasteiger partial charge in [0.25, 0.3) is 0 Å². The molecule has 0 bridgehead atoms. The summed E-state index contributed by atoms with van der Waals surface area (Å²) in [5.41, 5.74) is 10.4. The predicted octanol–water partition coefficient (Wildman–Crippen LogP) is -6.46. The van der Waals surface area contributed by atoms with Crippen molar-refractivity contribution in [2.75, 3.05) is 6.54 Å². The van der Waals surface area contributed by atoms with Gasteiger partial charge in [0.2, 0.25) is 0 Å². The van der Waals surface area contributed by atoms with Gasteiger partial charge in [-0.1, -0.05) is 6.42 Å². The van der Waals surface area contributed by atoms with Gasteiger partial charge < -0.3 is 29.0 Å². The van der Waals surface area contributed by atoms with Gasteiger partial charge in [0, 0.05) is 0 Å². The minimum Gasteiger partial charge on any atom is -1.00 e. The maximum atomic E-state index is 10.1. The SMILES string of the molecule is NCCCC[C@H](N)C(=O)O.[Cl-].[K+]. The predicted molar refractivity (Wildman–Crippen MR) is 38.5 cm³/mol. The van der Waals surface area contributed by atoms with Crippen LogP contribution in [0.1, 0.15) is 19.3 Å². The van der Waals surface area contributed by atoms with Crippen molar-refractivity contribution in [3.63, 3.8) is 0 Å². The third-order valence-electron chi connectivity index (χ3n) is 1.29. The fourth-order valence-electron chi connectivity index (χ4n) is 0.632. The normalized spacial score (nSPS) is 10.8. The number of hydrogen-bond donors (Lipinski definition) is 3. The first kappa shape index (κ1) is 19.0. The van der Waals surface area contributed by atoms with Crippen LogP contribution in [0.25, 0.3) is 0 Å². The van der Waals surface area contributed by atoms with E-state index in [1.54, 1.807) is 0 Å². The molecule has 0 fully saturated rings. The van der Waals surface area contributed by atoms with E-state index in [-0.39, 0.29) is 63.8 Å². The number of carboxylic acid groups (broad SMARTS) is 1. The Hall–Kier alpha value is 1.32. The zero-order valence-electron chi connectivity index (χ0n) is 7.29. The van der Waals surface area contributed by atoms with E-state index < -0.39 is 12.0 Å². The number of nitrogens with two attached hydrogens (primary N) is 2.